The minimum absolute atomic E-state index is 0.00880. The molecular formula is C54H91BrN8O19S. The van der Waals surface area contributed by atoms with Gasteiger partial charge in [-0.2, -0.15) is 5.10 Å². The fourth-order valence-electron chi connectivity index (χ4n) is 8.23. The van der Waals surface area contributed by atoms with Crippen LogP contribution in [-0.4, -0.2) is 187 Å². The molecule has 3 unspecified atom stereocenters. The van der Waals surface area contributed by atoms with E-state index in [4.69, 9.17) is 18.9 Å². The van der Waals surface area contributed by atoms with Crippen LogP contribution in [0.2, 0.25) is 0 Å². The third-order valence-corrected chi connectivity index (χ3v) is 14.7. The standard InChI is InChI=1S/C54H91BrN8O19S/c55-37-50(69)56-27-15-14-19-44(53(73)74)61-51(70)39-82-34-31-79-29-16-18-42(64)24-25-45(54(75)76)60-48(67)26-23-41(52(71)72)36-43(65)38-81-33-32-80-30-28-57-47(66)22-17-35-83(77,78)63-49(68)21-13-11-9-7-5-3-1-2-4-6-8-10-12-20-46-58-40-59-62-46/h40-41,44-45H,1-39H2,(H,56,69)(H,57,66)(H,60,67)(H,61,70)(H,63,68)(H,71,72)(H,73,74)(H,75,76)(H,58,59,62). The van der Waals surface area contributed by atoms with Crippen molar-refractivity contribution < 1.29 is 90.6 Å². The summed E-state index contributed by atoms with van der Waals surface area (Å²) in [6, 6.07) is -2.54. The predicted octanol–water partition coefficient (Wildman–Crippen LogP) is 3.61. The van der Waals surface area contributed by atoms with Gasteiger partial charge in [0.25, 0.3) is 0 Å². The number of aryl methyl sites for hydroxylation is 1. The van der Waals surface area contributed by atoms with E-state index in [9.17, 15) is 71.7 Å². The van der Waals surface area contributed by atoms with Gasteiger partial charge in [-0.25, -0.2) is 23.0 Å². The van der Waals surface area contributed by atoms with Crippen LogP contribution in [0.3, 0.4) is 0 Å². The molecule has 0 aromatic carbocycles. The molecule has 29 heteroatoms. The Balaban J connectivity index is 2.09. The van der Waals surface area contributed by atoms with Crippen molar-refractivity contribution in [2.45, 2.75) is 185 Å². The largest absolute Gasteiger partial charge is 0.481 e. The molecule has 0 saturated heterocycles. The van der Waals surface area contributed by atoms with Gasteiger partial charge < -0.3 is 55.5 Å². The SMILES string of the molecule is O=C(CCCOCCOCC(=O)NC(CCCCNC(=O)CBr)C(=O)O)CCC(NC(=O)CCC(CC(=O)COCCOCCNC(=O)CCCS(=O)(=O)NC(=O)CCCCCCCCCCCCCCCc1ncn[nH]1)C(=O)O)C(=O)O. The molecule has 474 valence electrons. The molecule has 0 aliphatic rings. The van der Waals surface area contributed by atoms with Crippen molar-refractivity contribution in [1.82, 2.24) is 41.2 Å². The first kappa shape index (κ1) is 75.5. The molecule has 27 nitrogen and oxygen atoms in total. The highest BCUT2D eigenvalue weighted by Crippen LogP contribution is 2.16. The first-order chi connectivity index (χ1) is 39.8. The zero-order chi connectivity index (χ0) is 61.4. The van der Waals surface area contributed by atoms with Gasteiger partial charge in [0.15, 0.2) is 5.78 Å². The summed E-state index contributed by atoms with van der Waals surface area (Å²) >= 11 is 3.03. The molecule has 0 saturated carbocycles. The van der Waals surface area contributed by atoms with Crippen LogP contribution in [0.1, 0.15) is 173 Å². The van der Waals surface area contributed by atoms with Gasteiger partial charge >= 0.3 is 17.9 Å². The normalized spacial score (nSPS) is 12.4. The Morgan fingerprint density at radius 1 is 0.506 bits per heavy atom. The van der Waals surface area contributed by atoms with E-state index in [1.165, 1.54) is 51.3 Å². The van der Waals surface area contributed by atoms with Crippen molar-refractivity contribution in [1.29, 1.82) is 0 Å². The van der Waals surface area contributed by atoms with E-state index >= 15 is 0 Å². The lowest BCUT2D eigenvalue weighted by molar-refractivity contribution is -0.145. The van der Waals surface area contributed by atoms with Crippen molar-refractivity contribution in [3.05, 3.63) is 12.2 Å². The number of halogens is 1. The van der Waals surface area contributed by atoms with Gasteiger partial charge in [-0.3, -0.25) is 48.2 Å². The minimum atomic E-state index is -3.88. The summed E-state index contributed by atoms with van der Waals surface area (Å²) in [7, 11) is -3.88. The zero-order valence-corrected chi connectivity index (χ0v) is 50.3. The molecule has 0 spiro atoms. The number of hydrogen-bond donors (Lipinski definition) is 9. The van der Waals surface area contributed by atoms with Gasteiger partial charge in [-0.05, 0) is 57.8 Å². The smallest absolute Gasteiger partial charge is 0.326 e. The molecule has 0 bridgehead atoms. The average Bonchev–Trinajstić information content (AvgIpc) is 3.97. The van der Waals surface area contributed by atoms with E-state index in [0.29, 0.717) is 32.2 Å². The Kier molecular flexibility index (Phi) is 44.4. The maximum absolute atomic E-state index is 12.6. The number of nitrogens with one attached hydrogen (secondary N) is 6. The number of alkyl halides is 1. The van der Waals surface area contributed by atoms with Crippen LogP contribution in [0.15, 0.2) is 6.33 Å². The Morgan fingerprint density at radius 3 is 1.69 bits per heavy atom. The van der Waals surface area contributed by atoms with Crippen molar-refractivity contribution in [3.63, 3.8) is 0 Å². The summed E-state index contributed by atoms with van der Waals surface area (Å²) in [6.07, 6.45) is 16.9. The summed E-state index contributed by atoms with van der Waals surface area (Å²) in [4.78, 5) is 125. The second-order valence-corrected chi connectivity index (χ2v) is 22.5. The number of sulfonamides is 1. The lowest BCUT2D eigenvalue weighted by Gasteiger charge is -2.16. The monoisotopic (exact) mass is 1270 g/mol. The van der Waals surface area contributed by atoms with Gasteiger partial charge in [0, 0.05) is 64.6 Å². The number of hydrogen-bond acceptors (Lipinski definition) is 18. The number of rotatable bonds is 57. The van der Waals surface area contributed by atoms with Crippen LogP contribution in [0.4, 0.5) is 0 Å². The summed E-state index contributed by atoms with van der Waals surface area (Å²) in [5.74, 6) is -8.03. The Labute approximate surface area is 495 Å². The van der Waals surface area contributed by atoms with Crippen molar-refractivity contribution in [2.24, 2.45) is 5.92 Å². The molecule has 1 heterocycles. The van der Waals surface area contributed by atoms with Crippen LogP contribution >= 0.6 is 15.9 Å². The van der Waals surface area contributed by atoms with Crippen molar-refractivity contribution in [3.8, 4) is 0 Å². The number of ether oxygens (including phenoxy) is 4. The molecule has 1 rings (SSSR count). The molecule has 0 aliphatic carbocycles. The second kappa shape index (κ2) is 48.8. The highest BCUT2D eigenvalue weighted by molar-refractivity contribution is 9.09. The molecule has 5 amide bonds. The van der Waals surface area contributed by atoms with Gasteiger partial charge in [-0.15, -0.1) is 0 Å². The molecule has 83 heavy (non-hydrogen) atoms. The Hall–Kier alpha value is -5.49. The van der Waals surface area contributed by atoms with Gasteiger partial charge in [0.2, 0.25) is 39.6 Å². The molecule has 1 aromatic rings. The third-order valence-electron chi connectivity index (χ3n) is 12.8. The van der Waals surface area contributed by atoms with E-state index in [1.54, 1.807) is 0 Å². The maximum Gasteiger partial charge on any atom is 0.326 e. The molecule has 0 radical (unpaired) electrons. The molecule has 9 N–H and O–H groups in total. The quantitative estimate of drug-likeness (QED) is 0.0332. The number of nitrogens with zero attached hydrogens (tertiary/aromatic N) is 2. The molecule has 0 fully saturated rings. The van der Waals surface area contributed by atoms with E-state index in [0.717, 1.165) is 44.3 Å². The van der Waals surface area contributed by atoms with Crippen LogP contribution in [-0.2, 0) is 83.3 Å². The number of ketones is 2. The molecule has 0 aliphatic heterocycles. The number of carbonyl (C=O) groups excluding carboxylic acids is 7. The van der Waals surface area contributed by atoms with Crippen LogP contribution in [0.25, 0.3) is 0 Å². The van der Waals surface area contributed by atoms with Crippen LogP contribution < -0.4 is 26.0 Å². The minimum Gasteiger partial charge on any atom is -0.481 e. The number of aromatic nitrogens is 3. The first-order valence-electron chi connectivity index (χ1n) is 28.9. The van der Waals surface area contributed by atoms with Gasteiger partial charge in [0.05, 0.1) is 50.0 Å². The Morgan fingerprint density at radius 2 is 1.07 bits per heavy atom. The number of Topliss-reactive ketones (excluding diaryl/α,β-unsaturated/α-hetero) is 2. The van der Waals surface area contributed by atoms with Gasteiger partial charge in [0.1, 0.15) is 43.2 Å². The summed E-state index contributed by atoms with van der Waals surface area (Å²) < 4.78 is 48.0. The van der Waals surface area contributed by atoms with Gasteiger partial charge in [-0.1, -0.05) is 86.6 Å². The highest BCUT2D eigenvalue weighted by atomic mass is 79.9. The predicted molar refractivity (Wildman–Crippen MR) is 305 cm³/mol. The summed E-state index contributed by atoms with van der Waals surface area (Å²) in [5, 5.41) is 45.5. The highest BCUT2D eigenvalue weighted by Gasteiger charge is 2.26. The van der Waals surface area contributed by atoms with Crippen molar-refractivity contribution in [2.75, 3.05) is 77.0 Å². The first-order valence-corrected chi connectivity index (χ1v) is 31.7. The summed E-state index contributed by atoms with van der Waals surface area (Å²) in [5.41, 5.74) is 0. The number of carboxylic acid groups (broad SMARTS) is 3. The van der Waals surface area contributed by atoms with Crippen LogP contribution in [0, 0.1) is 5.92 Å². The number of amides is 5. The second-order valence-electron chi connectivity index (χ2n) is 20.0. The number of aromatic amines is 1. The number of aliphatic carboxylic acids is 3. The number of carboxylic acids is 3. The average molecular weight is 1270 g/mol. The zero-order valence-electron chi connectivity index (χ0n) is 47.9. The lowest BCUT2D eigenvalue weighted by atomic mass is 9.97. The van der Waals surface area contributed by atoms with Crippen molar-refractivity contribution >= 4 is 85.0 Å². The van der Waals surface area contributed by atoms with E-state index in [2.05, 4.69) is 57.1 Å². The molecule has 3 atom stereocenters. The molecule has 1 aromatic heterocycles. The summed E-state index contributed by atoms with van der Waals surface area (Å²) in [6.45, 7) is -0.0126. The number of H-pyrrole nitrogens is 1. The fourth-order valence-corrected chi connectivity index (χ4v) is 9.51. The van der Waals surface area contributed by atoms with E-state index in [1.807, 2.05) is 0 Å². The lowest BCUT2D eigenvalue weighted by Crippen LogP contribution is -2.42. The number of unbranched alkanes of at least 4 members (excludes halogenated alkanes) is 13. The fraction of sp³-hybridized carbons (Fsp3) is 0.778. The van der Waals surface area contributed by atoms with E-state index < -0.39 is 101 Å². The molecular weight excluding hydrogens is 1180 g/mol. The van der Waals surface area contributed by atoms with Crippen LogP contribution in [0.5, 0.6) is 0 Å². The maximum atomic E-state index is 12.6. The Bertz CT molecular complexity index is 2160. The topological polar surface area (TPSA) is 404 Å². The third kappa shape index (κ3) is 44.7. The number of carbonyl (C=O) groups is 10. The van der Waals surface area contributed by atoms with E-state index in [-0.39, 0.29) is 120 Å².